The summed E-state index contributed by atoms with van der Waals surface area (Å²) in [6, 6.07) is 14.2. The van der Waals surface area contributed by atoms with Gasteiger partial charge >= 0.3 is 161 Å². The Morgan fingerprint density at radius 1 is 0.704 bits per heavy atom. The first-order valence-corrected chi connectivity index (χ1v) is 13.0. The Kier molecular flexibility index (Phi) is 7.05. The van der Waals surface area contributed by atoms with E-state index in [9.17, 15) is 0 Å². The van der Waals surface area contributed by atoms with Crippen molar-refractivity contribution >= 4 is 17.7 Å². The molecule has 0 amide bonds. The molecule has 2 aromatic carbocycles. The zero-order valence-electron chi connectivity index (χ0n) is 16.8. The van der Waals surface area contributed by atoms with Gasteiger partial charge in [-0.15, -0.1) is 0 Å². The molecule has 2 aliphatic carbocycles. The van der Waals surface area contributed by atoms with E-state index >= 15 is 0 Å². The Labute approximate surface area is 184 Å². The molecule has 0 nitrogen and oxygen atoms in total. The van der Waals surface area contributed by atoms with Gasteiger partial charge in [-0.1, -0.05) is 0 Å². The normalized spacial score (nSPS) is 14.4. The van der Waals surface area contributed by atoms with E-state index in [1.807, 2.05) is 0 Å². The van der Waals surface area contributed by atoms with Crippen LogP contribution in [0, 0.1) is 0 Å². The number of hydrogen-bond acceptors (Lipinski definition) is 0. The minimum absolute atomic E-state index is 0. The molecule has 2 aliphatic rings. The third kappa shape index (κ3) is 3.94. The number of benzene rings is 2. The number of rotatable bonds is 2. The van der Waals surface area contributed by atoms with Crippen LogP contribution in [0.25, 0.3) is 11.1 Å². The molecule has 3 heteroatoms. The van der Waals surface area contributed by atoms with Gasteiger partial charge in [-0.05, 0) is 0 Å². The predicted octanol–water partition coefficient (Wildman–Crippen LogP) is -0.599. The summed E-state index contributed by atoms with van der Waals surface area (Å²) in [5.41, 5.74) is 9.24. The minimum Gasteiger partial charge on any atom is -1.00 e. The van der Waals surface area contributed by atoms with Crippen LogP contribution >= 0.6 is 0 Å². The maximum atomic E-state index is 2.47. The van der Waals surface area contributed by atoms with Gasteiger partial charge in [-0.25, -0.2) is 0 Å². The van der Waals surface area contributed by atoms with Gasteiger partial charge in [0.05, 0.1) is 0 Å². The maximum absolute atomic E-state index is 2.47. The zero-order valence-corrected chi connectivity index (χ0v) is 20.8. The van der Waals surface area contributed by atoms with Crippen molar-refractivity contribution in [2.45, 2.75) is 50.6 Å². The van der Waals surface area contributed by atoms with Gasteiger partial charge in [-0.2, -0.15) is 0 Å². The summed E-state index contributed by atoms with van der Waals surface area (Å²) >= 11 is -2.13. The molecule has 0 aliphatic heterocycles. The fraction of sp³-hybridized carbons (Fsp3) is 0.333. The van der Waals surface area contributed by atoms with E-state index in [4.69, 9.17) is 0 Å². The van der Waals surface area contributed by atoms with Crippen LogP contribution in [0.1, 0.15) is 56.9 Å². The summed E-state index contributed by atoms with van der Waals surface area (Å²) in [6.07, 6.45) is 7.05. The second kappa shape index (κ2) is 8.40. The van der Waals surface area contributed by atoms with Crippen LogP contribution in [0.15, 0.2) is 48.6 Å². The van der Waals surface area contributed by atoms with E-state index in [0.29, 0.717) is 3.12 Å². The molecule has 0 atom stereocenters. The first-order valence-electron chi connectivity index (χ1n) is 9.34. The predicted molar refractivity (Wildman–Crippen MR) is 107 cm³/mol. The van der Waals surface area contributed by atoms with Crippen LogP contribution in [0.5, 0.6) is 0 Å². The van der Waals surface area contributed by atoms with Crippen LogP contribution < -0.4 is 31.4 Å². The molecule has 0 bridgehead atoms. The molecule has 4 rings (SSSR count). The van der Waals surface area contributed by atoms with Crippen molar-refractivity contribution < 1.29 is 46.6 Å². The maximum Gasteiger partial charge on any atom is -1.00 e. The van der Waals surface area contributed by atoms with Gasteiger partial charge in [0.1, 0.15) is 0 Å². The van der Waals surface area contributed by atoms with Crippen molar-refractivity contribution in [3.05, 3.63) is 70.8 Å². The Morgan fingerprint density at radius 3 is 1.48 bits per heavy atom. The van der Waals surface area contributed by atoms with E-state index in [1.54, 1.807) is 17.7 Å². The number of halogens is 2. The minimum atomic E-state index is -2.13. The first kappa shape index (κ1) is 22.7. The van der Waals surface area contributed by atoms with Crippen LogP contribution in [0.4, 0.5) is 0 Å². The van der Waals surface area contributed by atoms with Crippen LogP contribution in [-0.2, 0) is 34.6 Å². The average molecular weight is 478 g/mol. The molecular weight excluding hydrogens is 450 g/mol. The molecule has 27 heavy (non-hydrogen) atoms. The number of hydrogen-bond donors (Lipinski definition) is 0. The average Bonchev–Trinajstić information content (AvgIpc) is 3.12. The molecule has 0 saturated heterocycles. The molecule has 0 saturated carbocycles. The summed E-state index contributed by atoms with van der Waals surface area (Å²) in [6.45, 7) is 12.0. The van der Waals surface area contributed by atoms with Crippen LogP contribution in [0.2, 0.25) is 3.12 Å². The molecule has 0 unspecified atom stereocenters. The first-order chi connectivity index (χ1) is 11.9. The summed E-state index contributed by atoms with van der Waals surface area (Å²) < 4.78 is 3.76. The third-order valence-electron chi connectivity index (χ3n) is 5.64. The largest absolute Gasteiger partial charge is 1.00 e. The summed E-state index contributed by atoms with van der Waals surface area (Å²) in [5.74, 6) is 0. The molecule has 0 fully saturated rings. The zero-order chi connectivity index (χ0) is 17.8. The van der Waals surface area contributed by atoms with E-state index in [-0.39, 0.29) is 24.8 Å². The Morgan fingerprint density at radius 2 is 1.11 bits per heavy atom. The molecule has 0 spiro atoms. The van der Waals surface area contributed by atoms with Crippen LogP contribution in [0.3, 0.4) is 0 Å². The van der Waals surface area contributed by atoms with E-state index in [1.165, 1.54) is 22.3 Å². The Bertz CT molecular complexity index is 847. The quantitative estimate of drug-likeness (QED) is 0.542. The fourth-order valence-electron chi connectivity index (χ4n) is 4.57. The second-order valence-electron chi connectivity index (χ2n) is 8.49. The molecule has 0 N–H and O–H groups in total. The SMILES string of the molecule is CC1=CCc2ccc[c]([Zr+2]([c]3cccc4c3C(C)=CC4)[C](C)(C)C)c21.[Cl-].[Cl-]. The number of fused-ring (bicyclic) bond motifs is 2. The topological polar surface area (TPSA) is 0 Å². The van der Waals surface area contributed by atoms with E-state index in [0.717, 1.165) is 12.8 Å². The summed E-state index contributed by atoms with van der Waals surface area (Å²) in [7, 11) is 0. The molecule has 0 heterocycles. The smallest absolute Gasteiger partial charge is 1.00 e. The molecule has 0 aromatic heterocycles. The van der Waals surface area contributed by atoms with Gasteiger partial charge in [0, 0.05) is 0 Å². The summed E-state index contributed by atoms with van der Waals surface area (Å²) in [5, 5.41) is 0. The van der Waals surface area contributed by atoms with Crippen molar-refractivity contribution in [1.29, 1.82) is 0 Å². The third-order valence-corrected chi connectivity index (χ3v) is 14.0. The Balaban J connectivity index is 0.00000131. The Hall–Kier alpha value is -0.617. The molecule has 0 radical (unpaired) electrons. The van der Waals surface area contributed by atoms with E-state index < -0.39 is 21.8 Å². The van der Waals surface area contributed by atoms with Crippen molar-refractivity contribution in [2.24, 2.45) is 0 Å². The molecular formula is C24H27Cl2Zr. The molecule has 141 valence electrons. The molecule has 2 aromatic rings. The van der Waals surface area contributed by atoms with Crippen molar-refractivity contribution in [1.82, 2.24) is 0 Å². The van der Waals surface area contributed by atoms with Gasteiger partial charge in [0.2, 0.25) is 0 Å². The van der Waals surface area contributed by atoms with Gasteiger partial charge in [0.15, 0.2) is 0 Å². The van der Waals surface area contributed by atoms with Crippen molar-refractivity contribution in [2.75, 3.05) is 0 Å². The van der Waals surface area contributed by atoms with Gasteiger partial charge < -0.3 is 24.8 Å². The standard InChI is InChI=1S/2C10H9.C4H9.2ClH.Zr/c2*1-8-6-7-9-4-2-3-5-10(8)9;1-4(2)3;;;/h2*2-4,6H,7H2,1H3;1-3H3;2*1H;/q;;;;;+2/p-2. The second-order valence-corrected chi connectivity index (χ2v) is 16.7. The fourth-order valence-corrected chi connectivity index (χ4v) is 13.5. The van der Waals surface area contributed by atoms with Gasteiger partial charge in [0.25, 0.3) is 0 Å². The van der Waals surface area contributed by atoms with Crippen molar-refractivity contribution in [3.8, 4) is 0 Å². The monoisotopic (exact) mass is 475 g/mol. The van der Waals surface area contributed by atoms with E-state index in [2.05, 4.69) is 83.2 Å². The van der Waals surface area contributed by atoms with Crippen molar-refractivity contribution in [3.63, 3.8) is 0 Å². The number of allylic oxidation sites excluding steroid dienone is 4. The van der Waals surface area contributed by atoms with Gasteiger partial charge in [-0.3, -0.25) is 0 Å². The van der Waals surface area contributed by atoms with Crippen LogP contribution in [-0.4, -0.2) is 0 Å². The summed E-state index contributed by atoms with van der Waals surface area (Å²) in [4.78, 5) is 0.